The van der Waals surface area contributed by atoms with Gasteiger partial charge in [-0.15, -0.1) is 11.3 Å². The van der Waals surface area contributed by atoms with Gasteiger partial charge in [-0.3, -0.25) is 0 Å². The van der Waals surface area contributed by atoms with Gasteiger partial charge in [-0.25, -0.2) is 4.98 Å². The summed E-state index contributed by atoms with van der Waals surface area (Å²) in [5.74, 6) is 0. The third-order valence-corrected chi connectivity index (χ3v) is 4.86. The maximum absolute atomic E-state index is 6.12. The highest BCUT2D eigenvalue weighted by atomic mass is 32.1. The van der Waals surface area contributed by atoms with Crippen molar-refractivity contribution in [2.45, 2.75) is 45.6 Å². The van der Waals surface area contributed by atoms with E-state index in [0.29, 0.717) is 0 Å². The number of fused-ring (bicyclic) bond motifs is 1. The number of hydrogen-bond donors (Lipinski definition) is 1. The SMILES string of the molecule is CC(C)(C)c1csc(CN2CCCc3c(N)cccc32)n1. The van der Waals surface area contributed by atoms with Crippen LogP contribution < -0.4 is 10.6 Å². The van der Waals surface area contributed by atoms with E-state index in [-0.39, 0.29) is 5.41 Å². The maximum atomic E-state index is 6.12. The van der Waals surface area contributed by atoms with Crippen molar-refractivity contribution in [1.29, 1.82) is 0 Å². The summed E-state index contributed by atoms with van der Waals surface area (Å²) in [5.41, 5.74) is 10.9. The fourth-order valence-electron chi connectivity index (χ4n) is 2.78. The molecule has 0 atom stereocenters. The molecule has 0 radical (unpaired) electrons. The highest BCUT2D eigenvalue weighted by Crippen LogP contribution is 2.33. The molecule has 112 valence electrons. The van der Waals surface area contributed by atoms with Crippen LogP contribution in [0.2, 0.25) is 0 Å². The van der Waals surface area contributed by atoms with Gasteiger partial charge in [0.25, 0.3) is 0 Å². The number of nitrogens with zero attached hydrogens (tertiary/aromatic N) is 2. The lowest BCUT2D eigenvalue weighted by Crippen LogP contribution is -2.29. The van der Waals surface area contributed by atoms with Gasteiger partial charge in [0, 0.05) is 28.7 Å². The van der Waals surface area contributed by atoms with E-state index in [2.05, 4.69) is 43.2 Å². The highest BCUT2D eigenvalue weighted by Gasteiger charge is 2.21. The zero-order valence-corrected chi connectivity index (χ0v) is 13.8. The number of nitrogens with two attached hydrogens (primary N) is 1. The third kappa shape index (κ3) is 2.91. The summed E-state index contributed by atoms with van der Waals surface area (Å²) in [7, 11) is 0. The molecule has 0 unspecified atom stereocenters. The van der Waals surface area contributed by atoms with Crippen molar-refractivity contribution < 1.29 is 0 Å². The number of hydrogen-bond acceptors (Lipinski definition) is 4. The average molecular weight is 301 g/mol. The fourth-order valence-corrected chi connectivity index (χ4v) is 3.82. The van der Waals surface area contributed by atoms with E-state index in [1.807, 2.05) is 6.07 Å². The van der Waals surface area contributed by atoms with Gasteiger partial charge in [0.2, 0.25) is 0 Å². The zero-order valence-electron chi connectivity index (χ0n) is 13.0. The minimum absolute atomic E-state index is 0.124. The predicted molar refractivity (Wildman–Crippen MR) is 91.0 cm³/mol. The molecule has 1 aliphatic heterocycles. The van der Waals surface area contributed by atoms with Crippen molar-refractivity contribution in [1.82, 2.24) is 4.98 Å². The Bertz CT molecular complexity index is 640. The average Bonchev–Trinajstić information content (AvgIpc) is 2.89. The normalized spacial score (nSPS) is 15.1. The van der Waals surface area contributed by atoms with Gasteiger partial charge in [-0.1, -0.05) is 26.8 Å². The molecule has 0 fully saturated rings. The van der Waals surface area contributed by atoms with Crippen molar-refractivity contribution in [3.8, 4) is 0 Å². The summed E-state index contributed by atoms with van der Waals surface area (Å²) in [5, 5.41) is 3.38. The molecule has 4 heteroatoms. The summed E-state index contributed by atoms with van der Waals surface area (Å²) in [6.45, 7) is 8.60. The van der Waals surface area contributed by atoms with Gasteiger partial charge in [0.05, 0.1) is 12.2 Å². The van der Waals surface area contributed by atoms with Gasteiger partial charge in [0.15, 0.2) is 0 Å². The number of nitrogen functional groups attached to an aromatic ring is 1. The van der Waals surface area contributed by atoms with E-state index in [1.54, 1.807) is 11.3 Å². The predicted octanol–water partition coefficient (Wildman–Crippen LogP) is 3.98. The molecule has 2 N–H and O–H groups in total. The van der Waals surface area contributed by atoms with Crippen LogP contribution in [0.4, 0.5) is 11.4 Å². The van der Waals surface area contributed by atoms with E-state index in [9.17, 15) is 0 Å². The van der Waals surface area contributed by atoms with E-state index >= 15 is 0 Å². The monoisotopic (exact) mass is 301 g/mol. The Morgan fingerprint density at radius 1 is 1.33 bits per heavy atom. The molecule has 3 nitrogen and oxygen atoms in total. The second-order valence-corrected chi connectivity index (χ2v) is 7.69. The molecule has 0 saturated heterocycles. The largest absolute Gasteiger partial charge is 0.398 e. The molecule has 0 aliphatic carbocycles. The lowest BCUT2D eigenvalue weighted by atomic mass is 9.93. The molecule has 0 bridgehead atoms. The van der Waals surface area contributed by atoms with Crippen LogP contribution in [-0.4, -0.2) is 11.5 Å². The molecule has 2 aromatic rings. The molecule has 2 heterocycles. The van der Waals surface area contributed by atoms with Crippen LogP contribution in [0.3, 0.4) is 0 Å². The molecule has 0 saturated carbocycles. The highest BCUT2D eigenvalue weighted by molar-refractivity contribution is 7.09. The van der Waals surface area contributed by atoms with E-state index in [4.69, 9.17) is 10.7 Å². The molecule has 1 aromatic heterocycles. The van der Waals surface area contributed by atoms with Crippen LogP contribution in [0.25, 0.3) is 0 Å². The topological polar surface area (TPSA) is 42.1 Å². The van der Waals surface area contributed by atoms with Crippen molar-refractivity contribution in [2.75, 3.05) is 17.2 Å². The van der Waals surface area contributed by atoms with Crippen LogP contribution in [0, 0.1) is 0 Å². The number of benzene rings is 1. The van der Waals surface area contributed by atoms with Crippen LogP contribution in [-0.2, 0) is 18.4 Å². The molecule has 21 heavy (non-hydrogen) atoms. The van der Waals surface area contributed by atoms with Gasteiger partial charge in [0.1, 0.15) is 5.01 Å². The Labute approximate surface area is 130 Å². The van der Waals surface area contributed by atoms with E-state index in [0.717, 1.165) is 25.2 Å². The first-order chi connectivity index (χ1) is 9.95. The number of rotatable bonds is 2. The molecule has 3 rings (SSSR count). The fraction of sp³-hybridized carbons (Fsp3) is 0.471. The Kier molecular flexibility index (Phi) is 3.66. The number of anilines is 2. The van der Waals surface area contributed by atoms with Gasteiger partial charge in [-0.2, -0.15) is 0 Å². The third-order valence-electron chi connectivity index (χ3n) is 4.03. The first kappa shape index (κ1) is 14.4. The quantitative estimate of drug-likeness (QED) is 0.853. The first-order valence-electron chi connectivity index (χ1n) is 7.52. The molecule has 1 aliphatic rings. The van der Waals surface area contributed by atoms with Crippen LogP contribution in [0.5, 0.6) is 0 Å². The summed E-state index contributed by atoms with van der Waals surface area (Å²) < 4.78 is 0. The van der Waals surface area contributed by atoms with E-state index in [1.165, 1.54) is 28.4 Å². The van der Waals surface area contributed by atoms with E-state index < -0.39 is 0 Å². The Morgan fingerprint density at radius 3 is 2.86 bits per heavy atom. The van der Waals surface area contributed by atoms with Crippen LogP contribution in [0.15, 0.2) is 23.6 Å². The summed E-state index contributed by atoms with van der Waals surface area (Å²) in [6, 6.07) is 6.24. The molecule has 0 amide bonds. The van der Waals surface area contributed by atoms with Crippen LogP contribution in [0.1, 0.15) is 43.5 Å². The Balaban J connectivity index is 1.84. The smallest absolute Gasteiger partial charge is 0.112 e. The van der Waals surface area contributed by atoms with Crippen molar-refractivity contribution in [2.24, 2.45) is 0 Å². The summed E-state index contributed by atoms with van der Waals surface area (Å²) in [6.07, 6.45) is 2.25. The van der Waals surface area contributed by atoms with Gasteiger partial charge >= 0.3 is 0 Å². The van der Waals surface area contributed by atoms with Gasteiger partial charge < -0.3 is 10.6 Å². The minimum atomic E-state index is 0.124. The molecular weight excluding hydrogens is 278 g/mol. The second-order valence-electron chi connectivity index (χ2n) is 6.75. The van der Waals surface area contributed by atoms with Crippen molar-refractivity contribution in [3.63, 3.8) is 0 Å². The van der Waals surface area contributed by atoms with Crippen molar-refractivity contribution in [3.05, 3.63) is 39.8 Å². The summed E-state index contributed by atoms with van der Waals surface area (Å²) in [4.78, 5) is 7.23. The lowest BCUT2D eigenvalue weighted by Gasteiger charge is -2.31. The molecular formula is C17H23N3S. The number of thiazole rings is 1. The lowest BCUT2D eigenvalue weighted by molar-refractivity contribution is 0.569. The Hall–Kier alpha value is -1.55. The minimum Gasteiger partial charge on any atom is -0.398 e. The molecule has 0 spiro atoms. The van der Waals surface area contributed by atoms with Crippen molar-refractivity contribution >= 4 is 22.7 Å². The summed E-state index contributed by atoms with van der Waals surface area (Å²) >= 11 is 1.76. The first-order valence-corrected chi connectivity index (χ1v) is 8.40. The van der Waals surface area contributed by atoms with Gasteiger partial charge in [-0.05, 0) is 30.5 Å². The Morgan fingerprint density at radius 2 is 2.14 bits per heavy atom. The molecule has 1 aromatic carbocycles. The zero-order chi connectivity index (χ0) is 15.0. The number of aromatic nitrogens is 1. The van der Waals surface area contributed by atoms with Crippen LogP contribution >= 0.6 is 11.3 Å². The second kappa shape index (κ2) is 5.34. The standard InChI is InChI=1S/C17H23N3S/c1-17(2,3)15-11-21-16(19-15)10-20-9-5-6-12-13(18)7-4-8-14(12)20/h4,7-8,11H,5-6,9-10,18H2,1-3H3. The maximum Gasteiger partial charge on any atom is 0.112 e.